The summed E-state index contributed by atoms with van der Waals surface area (Å²) in [5, 5.41) is 3.70. The fourth-order valence-electron chi connectivity index (χ4n) is 3.44. The van der Waals surface area contributed by atoms with Crippen LogP contribution in [0.25, 0.3) is 0 Å². The van der Waals surface area contributed by atoms with E-state index < -0.39 is 0 Å². The van der Waals surface area contributed by atoms with E-state index >= 15 is 0 Å². The molecule has 1 aromatic carbocycles. The van der Waals surface area contributed by atoms with E-state index in [-0.39, 0.29) is 5.82 Å². The highest BCUT2D eigenvalue weighted by molar-refractivity contribution is 5.16. The van der Waals surface area contributed by atoms with E-state index in [0.717, 1.165) is 13.0 Å². The minimum atomic E-state index is -0.143. The maximum Gasteiger partial charge on any atom is 0.123 e. The Labute approximate surface area is 115 Å². The lowest BCUT2D eigenvalue weighted by atomic mass is 9.86. The number of halogens is 1. The molecule has 3 heteroatoms. The van der Waals surface area contributed by atoms with Crippen molar-refractivity contribution in [3.05, 3.63) is 35.6 Å². The molecule has 2 heterocycles. The quantitative estimate of drug-likeness (QED) is 0.900. The number of rotatable bonds is 3. The van der Waals surface area contributed by atoms with Gasteiger partial charge in [0, 0.05) is 12.1 Å². The van der Waals surface area contributed by atoms with E-state index in [1.807, 2.05) is 12.1 Å². The molecule has 1 N–H and O–H groups in total. The van der Waals surface area contributed by atoms with Gasteiger partial charge in [-0.15, -0.1) is 0 Å². The minimum absolute atomic E-state index is 0.143. The van der Waals surface area contributed by atoms with Crippen LogP contribution < -0.4 is 5.32 Å². The molecule has 1 aromatic rings. The molecule has 0 unspecified atom stereocenters. The van der Waals surface area contributed by atoms with Gasteiger partial charge in [-0.05, 0) is 69.4 Å². The molecule has 0 saturated carbocycles. The summed E-state index contributed by atoms with van der Waals surface area (Å²) in [4.78, 5) is 2.55. The second kappa shape index (κ2) is 5.59. The van der Waals surface area contributed by atoms with E-state index in [1.54, 1.807) is 12.1 Å². The highest BCUT2D eigenvalue weighted by Crippen LogP contribution is 2.30. The van der Waals surface area contributed by atoms with Crippen molar-refractivity contribution in [1.82, 2.24) is 10.2 Å². The number of likely N-dealkylation sites (tertiary alicyclic amines) is 1. The normalized spacial score (nSPS) is 23.0. The summed E-state index contributed by atoms with van der Waals surface area (Å²) in [7, 11) is 0. The molecule has 0 radical (unpaired) electrons. The van der Waals surface area contributed by atoms with Crippen LogP contribution in [0.1, 0.15) is 31.2 Å². The van der Waals surface area contributed by atoms with Crippen LogP contribution in [0.2, 0.25) is 0 Å². The number of benzene rings is 1. The first-order chi connectivity index (χ1) is 9.26. The van der Waals surface area contributed by atoms with Crippen LogP contribution in [-0.4, -0.2) is 36.6 Å². The van der Waals surface area contributed by atoms with Gasteiger partial charge in [-0.2, -0.15) is 0 Å². The summed E-state index contributed by atoms with van der Waals surface area (Å²) in [6.45, 7) is 4.71. The number of nitrogens with zero attached hydrogens (tertiary/aromatic N) is 1. The zero-order valence-corrected chi connectivity index (χ0v) is 11.5. The van der Waals surface area contributed by atoms with E-state index in [0.29, 0.717) is 5.54 Å². The van der Waals surface area contributed by atoms with Gasteiger partial charge in [0.2, 0.25) is 0 Å². The van der Waals surface area contributed by atoms with Gasteiger partial charge in [0.25, 0.3) is 0 Å². The van der Waals surface area contributed by atoms with Gasteiger partial charge in [0.1, 0.15) is 5.82 Å². The predicted octanol–water partition coefficient (Wildman–Crippen LogP) is 2.59. The largest absolute Gasteiger partial charge is 0.311 e. The summed E-state index contributed by atoms with van der Waals surface area (Å²) >= 11 is 0. The Balaban J connectivity index is 1.46. The third kappa shape index (κ3) is 3.15. The van der Waals surface area contributed by atoms with Crippen molar-refractivity contribution in [1.29, 1.82) is 0 Å². The molecular weight excluding hydrogens is 239 g/mol. The number of nitrogens with one attached hydrogen (secondary N) is 1. The van der Waals surface area contributed by atoms with E-state index in [2.05, 4.69) is 10.2 Å². The molecule has 0 aliphatic carbocycles. The Morgan fingerprint density at radius 2 is 1.84 bits per heavy atom. The van der Waals surface area contributed by atoms with Crippen molar-refractivity contribution in [2.24, 2.45) is 0 Å². The monoisotopic (exact) mass is 262 g/mol. The summed E-state index contributed by atoms with van der Waals surface area (Å²) in [5.74, 6) is -0.143. The maximum absolute atomic E-state index is 12.8. The van der Waals surface area contributed by atoms with Crippen LogP contribution in [0, 0.1) is 5.82 Å². The Morgan fingerprint density at radius 1 is 1.11 bits per heavy atom. The average Bonchev–Trinajstić information content (AvgIpc) is 2.89. The van der Waals surface area contributed by atoms with E-state index in [1.165, 1.54) is 50.9 Å². The van der Waals surface area contributed by atoms with Gasteiger partial charge in [-0.3, -0.25) is 0 Å². The molecule has 0 amide bonds. The Bertz CT molecular complexity index is 399. The maximum atomic E-state index is 12.8. The molecular formula is C16H23FN2. The van der Waals surface area contributed by atoms with E-state index in [9.17, 15) is 4.39 Å². The second-order valence-electron chi connectivity index (χ2n) is 6.03. The Kier molecular flexibility index (Phi) is 3.85. The van der Waals surface area contributed by atoms with Crippen molar-refractivity contribution < 1.29 is 4.39 Å². The van der Waals surface area contributed by atoms with Crippen LogP contribution in [0.4, 0.5) is 4.39 Å². The molecule has 0 aromatic heterocycles. The predicted molar refractivity (Wildman–Crippen MR) is 75.7 cm³/mol. The first kappa shape index (κ1) is 13.1. The van der Waals surface area contributed by atoms with Crippen molar-refractivity contribution in [3.8, 4) is 0 Å². The summed E-state index contributed by atoms with van der Waals surface area (Å²) in [5.41, 5.74) is 1.70. The highest BCUT2D eigenvalue weighted by atomic mass is 19.1. The molecule has 2 aliphatic heterocycles. The fourth-order valence-corrected chi connectivity index (χ4v) is 3.44. The molecule has 19 heavy (non-hydrogen) atoms. The van der Waals surface area contributed by atoms with Gasteiger partial charge in [-0.25, -0.2) is 4.39 Å². The standard InChI is InChI=1S/C16H23FN2/c17-15-4-2-14(3-5-15)6-11-19-12-8-16(9-13-19)7-1-10-18-16/h2-5,18H,1,6-13H2. The number of hydrogen-bond acceptors (Lipinski definition) is 2. The zero-order chi connectivity index (χ0) is 13.1. The molecule has 104 valence electrons. The van der Waals surface area contributed by atoms with Crippen LogP contribution >= 0.6 is 0 Å². The molecule has 3 rings (SSSR count). The molecule has 2 saturated heterocycles. The van der Waals surface area contributed by atoms with Crippen LogP contribution in [-0.2, 0) is 6.42 Å². The summed E-state index contributed by atoms with van der Waals surface area (Å²) in [6.07, 6.45) is 6.31. The lowest BCUT2D eigenvalue weighted by molar-refractivity contribution is 0.149. The smallest absolute Gasteiger partial charge is 0.123 e. The molecule has 0 bridgehead atoms. The zero-order valence-electron chi connectivity index (χ0n) is 11.5. The highest BCUT2D eigenvalue weighted by Gasteiger charge is 2.36. The third-order valence-electron chi connectivity index (χ3n) is 4.78. The van der Waals surface area contributed by atoms with Crippen LogP contribution in [0.3, 0.4) is 0 Å². The molecule has 2 aliphatic rings. The van der Waals surface area contributed by atoms with Gasteiger partial charge >= 0.3 is 0 Å². The topological polar surface area (TPSA) is 15.3 Å². The van der Waals surface area contributed by atoms with Gasteiger partial charge in [0.05, 0.1) is 0 Å². The number of hydrogen-bond donors (Lipinski definition) is 1. The fraction of sp³-hybridized carbons (Fsp3) is 0.625. The lowest BCUT2D eigenvalue weighted by Gasteiger charge is -2.39. The van der Waals surface area contributed by atoms with Crippen molar-refractivity contribution in [3.63, 3.8) is 0 Å². The number of piperidine rings is 1. The Hall–Kier alpha value is -0.930. The van der Waals surface area contributed by atoms with E-state index in [4.69, 9.17) is 0 Å². The van der Waals surface area contributed by atoms with Crippen LogP contribution in [0.5, 0.6) is 0 Å². The molecule has 0 atom stereocenters. The Morgan fingerprint density at radius 3 is 2.47 bits per heavy atom. The average molecular weight is 262 g/mol. The van der Waals surface area contributed by atoms with Gasteiger partial charge < -0.3 is 10.2 Å². The van der Waals surface area contributed by atoms with Crippen molar-refractivity contribution in [2.45, 2.75) is 37.6 Å². The minimum Gasteiger partial charge on any atom is -0.311 e. The first-order valence-electron chi connectivity index (χ1n) is 7.48. The SMILES string of the molecule is Fc1ccc(CCN2CCC3(CCCN3)CC2)cc1. The first-order valence-corrected chi connectivity index (χ1v) is 7.48. The molecule has 2 fully saturated rings. The lowest BCUT2D eigenvalue weighted by Crippen LogP contribution is -2.50. The third-order valence-corrected chi connectivity index (χ3v) is 4.78. The van der Waals surface area contributed by atoms with Crippen molar-refractivity contribution in [2.75, 3.05) is 26.2 Å². The summed E-state index contributed by atoms with van der Waals surface area (Å²) < 4.78 is 12.8. The van der Waals surface area contributed by atoms with Gasteiger partial charge in [0.15, 0.2) is 0 Å². The van der Waals surface area contributed by atoms with Crippen molar-refractivity contribution >= 4 is 0 Å². The molecule has 1 spiro atoms. The second-order valence-corrected chi connectivity index (χ2v) is 6.03. The van der Waals surface area contributed by atoms with Gasteiger partial charge in [-0.1, -0.05) is 12.1 Å². The van der Waals surface area contributed by atoms with Crippen LogP contribution in [0.15, 0.2) is 24.3 Å². The summed E-state index contributed by atoms with van der Waals surface area (Å²) in [6, 6.07) is 6.92. The molecule has 2 nitrogen and oxygen atoms in total.